The normalized spacial score (nSPS) is 10.9. The van der Waals surface area contributed by atoms with Crippen LogP contribution in [0.25, 0.3) is 22.6 Å². The number of oxazole rings is 1. The van der Waals surface area contributed by atoms with Crippen molar-refractivity contribution in [3.05, 3.63) is 30.9 Å². The Morgan fingerprint density at radius 2 is 2.27 bits per heavy atom. The first-order chi connectivity index (χ1) is 7.33. The summed E-state index contributed by atoms with van der Waals surface area (Å²) in [5.41, 5.74) is 8.82. The fourth-order valence-corrected chi connectivity index (χ4v) is 1.48. The van der Waals surface area contributed by atoms with Gasteiger partial charge in [0.1, 0.15) is 12.0 Å². The Morgan fingerprint density at radius 3 is 3.07 bits per heavy atom. The molecule has 3 N–H and O–H groups in total. The van der Waals surface area contributed by atoms with Crippen molar-refractivity contribution < 1.29 is 4.42 Å². The molecule has 5 heteroatoms. The predicted octanol–water partition coefficient (Wildman–Crippen LogP) is 1.80. The number of aromatic nitrogens is 3. The van der Waals surface area contributed by atoms with E-state index in [9.17, 15) is 0 Å². The first-order valence-electron chi connectivity index (χ1n) is 4.47. The minimum absolute atomic E-state index is 0.685. The van der Waals surface area contributed by atoms with Crippen LogP contribution in [0, 0.1) is 0 Å². The molecule has 0 fully saturated rings. The van der Waals surface area contributed by atoms with Crippen molar-refractivity contribution >= 4 is 16.7 Å². The summed E-state index contributed by atoms with van der Waals surface area (Å²) in [6.07, 6.45) is 2.91. The molecule has 0 spiro atoms. The zero-order chi connectivity index (χ0) is 10.3. The lowest BCUT2D eigenvalue weighted by Crippen LogP contribution is -1.82. The average Bonchev–Trinajstić information content (AvgIpc) is 2.84. The van der Waals surface area contributed by atoms with Crippen LogP contribution in [-0.4, -0.2) is 15.0 Å². The van der Waals surface area contributed by atoms with E-state index in [-0.39, 0.29) is 0 Å². The van der Waals surface area contributed by atoms with Crippen molar-refractivity contribution in [3.63, 3.8) is 0 Å². The van der Waals surface area contributed by atoms with Crippen LogP contribution in [0.1, 0.15) is 0 Å². The number of aromatic amines is 1. The van der Waals surface area contributed by atoms with Crippen LogP contribution >= 0.6 is 0 Å². The maximum atomic E-state index is 5.67. The summed E-state index contributed by atoms with van der Waals surface area (Å²) in [5.74, 6) is 0.685. The molecule has 0 aliphatic heterocycles. The monoisotopic (exact) mass is 200 g/mol. The Balaban J connectivity index is 2.22. The Morgan fingerprint density at radius 1 is 1.33 bits per heavy atom. The predicted molar refractivity (Wildman–Crippen MR) is 56.0 cm³/mol. The van der Waals surface area contributed by atoms with Crippen molar-refractivity contribution in [1.82, 2.24) is 15.0 Å². The van der Waals surface area contributed by atoms with Crippen molar-refractivity contribution in [1.29, 1.82) is 0 Å². The Bertz CT molecular complexity index is 597. The molecule has 0 radical (unpaired) electrons. The third kappa shape index (κ3) is 1.25. The first kappa shape index (κ1) is 8.05. The second-order valence-corrected chi connectivity index (χ2v) is 3.24. The standard InChI is InChI=1S/C10H8N4O/c11-6-1-2-7-8(3-6)14-10(13-7)9-4-15-5-12-9/h1-5H,11H2,(H,13,14). The molecule has 3 rings (SSSR count). The Hall–Kier alpha value is -2.30. The number of nitrogens with zero attached hydrogens (tertiary/aromatic N) is 2. The lowest BCUT2D eigenvalue weighted by molar-refractivity contribution is 0.558. The van der Waals surface area contributed by atoms with Crippen LogP contribution in [-0.2, 0) is 0 Å². The lowest BCUT2D eigenvalue weighted by Gasteiger charge is -1.89. The van der Waals surface area contributed by atoms with Gasteiger partial charge in [-0.1, -0.05) is 0 Å². The minimum atomic E-state index is 0.685. The summed E-state index contributed by atoms with van der Waals surface area (Å²) in [5, 5.41) is 0. The van der Waals surface area contributed by atoms with E-state index in [2.05, 4.69) is 15.0 Å². The highest BCUT2D eigenvalue weighted by molar-refractivity contribution is 5.81. The fraction of sp³-hybridized carbons (Fsp3) is 0. The quantitative estimate of drug-likeness (QED) is 0.587. The van der Waals surface area contributed by atoms with Crippen LogP contribution in [0.4, 0.5) is 5.69 Å². The van der Waals surface area contributed by atoms with Crippen LogP contribution in [0.5, 0.6) is 0 Å². The summed E-state index contributed by atoms with van der Waals surface area (Å²) >= 11 is 0. The molecular formula is C10H8N4O. The molecule has 0 atom stereocenters. The molecule has 0 amide bonds. The van der Waals surface area contributed by atoms with Crippen LogP contribution in [0.2, 0.25) is 0 Å². The number of nitrogens with two attached hydrogens (primary N) is 1. The van der Waals surface area contributed by atoms with Gasteiger partial charge in [-0.25, -0.2) is 9.97 Å². The largest absolute Gasteiger partial charge is 0.451 e. The van der Waals surface area contributed by atoms with Gasteiger partial charge in [0.25, 0.3) is 0 Å². The first-order valence-corrected chi connectivity index (χ1v) is 4.47. The van der Waals surface area contributed by atoms with E-state index in [1.807, 2.05) is 18.2 Å². The molecule has 0 aliphatic rings. The number of hydrogen-bond donors (Lipinski definition) is 2. The third-order valence-corrected chi connectivity index (χ3v) is 2.18. The molecule has 5 nitrogen and oxygen atoms in total. The van der Waals surface area contributed by atoms with Gasteiger partial charge in [0.15, 0.2) is 12.2 Å². The summed E-state index contributed by atoms with van der Waals surface area (Å²) < 4.78 is 4.89. The fourth-order valence-electron chi connectivity index (χ4n) is 1.48. The Labute approximate surface area is 85.0 Å². The molecule has 0 bridgehead atoms. The van der Waals surface area contributed by atoms with Gasteiger partial charge in [0.05, 0.1) is 11.0 Å². The van der Waals surface area contributed by atoms with Gasteiger partial charge in [-0.05, 0) is 18.2 Å². The zero-order valence-electron chi connectivity index (χ0n) is 7.77. The van der Waals surface area contributed by atoms with E-state index < -0.39 is 0 Å². The van der Waals surface area contributed by atoms with Gasteiger partial charge >= 0.3 is 0 Å². The van der Waals surface area contributed by atoms with E-state index >= 15 is 0 Å². The van der Waals surface area contributed by atoms with Crippen LogP contribution in [0.15, 0.2) is 35.3 Å². The highest BCUT2D eigenvalue weighted by Crippen LogP contribution is 2.20. The number of benzene rings is 1. The molecule has 3 aromatic rings. The van der Waals surface area contributed by atoms with Crippen molar-refractivity contribution in [2.45, 2.75) is 0 Å². The number of hydrogen-bond acceptors (Lipinski definition) is 4. The molecule has 0 aliphatic carbocycles. The van der Waals surface area contributed by atoms with Gasteiger partial charge in [-0.2, -0.15) is 0 Å². The molecule has 74 valence electrons. The highest BCUT2D eigenvalue weighted by atomic mass is 16.3. The second kappa shape index (κ2) is 2.84. The van der Waals surface area contributed by atoms with Crippen LogP contribution in [0.3, 0.4) is 0 Å². The molecule has 0 saturated carbocycles. The summed E-state index contributed by atoms with van der Waals surface area (Å²) in [6.45, 7) is 0. The lowest BCUT2D eigenvalue weighted by atomic mass is 10.3. The van der Waals surface area contributed by atoms with Gasteiger partial charge in [-0.3, -0.25) is 0 Å². The zero-order valence-corrected chi connectivity index (χ0v) is 7.77. The van der Waals surface area contributed by atoms with Gasteiger partial charge in [0, 0.05) is 5.69 Å². The van der Waals surface area contributed by atoms with E-state index in [0.29, 0.717) is 17.2 Å². The summed E-state index contributed by atoms with van der Waals surface area (Å²) in [4.78, 5) is 11.5. The highest BCUT2D eigenvalue weighted by Gasteiger charge is 2.07. The molecule has 2 aromatic heterocycles. The second-order valence-electron chi connectivity index (χ2n) is 3.24. The van der Waals surface area contributed by atoms with Crippen molar-refractivity contribution in [2.75, 3.05) is 5.73 Å². The number of anilines is 1. The van der Waals surface area contributed by atoms with Gasteiger partial charge in [0.2, 0.25) is 0 Å². The smallest absolute Gasteiger partial charge is 0.181 e. The van der Waals surface area contributed by atoms with Crippen molar-refractivity contribution in [2.24, 2.45) is 0 Å². The molecular weight excluding hydrogens is 192 g/mol. The number of nitrogens with one attached hydrogen (secondary N) is 1. The summed E-state index contributed by atoms with van der Waals surface area (Å²) in [6, 6.07) is 5.52. The molecule has 1 aromatic carbocycles. The van der Waals surface area contributed by atoms with E-state index in [4.69, 9.17) is 10.2 Å². The van der Waals surface area contributed by atoms with Crippen LogP contribution < -0.4 is 5.73 Å². The molecule has 0 unspecified atom stereocenters. The number of imidazole rings is 1. The number of fused-ring (bicyclic) bond motifs is 1. The number of nitrogen functional groups attached to an aromatic ring is 1. The molecule has 0 saturated heterocycles. The number of rotatable bonds is 1. The van der Waals surface area contributed by atoms with Crippen molar-refractivity contribution in [3.8, 4) is 11.5 Å². The van der Waals surface area contributed by atoms with Gasteiger partial charge in [-0.15, -0.1) is 0 Å². The Kier molecular flexibility index (Phi) is 1.53. The van der Waals surface area contributed by atoms with E-state index in [0.717, 1.165) is 11.0 Å². The number of H-pyrrole nitrogens is 1. The maximum Gasteiger partial charge on any atom is 0.181 e. The SMILES string of the molecule is Nc1ccc2nc(-c3cocn3)[nH]c2c1. The van der Waals surface area contributed by atoms with Gasteiger partial charge < -0.3 is 15.1 Å². The van der Waals surface area contributed by atoms with E-state index in [1.54, 1.807) is 6.26 Å². The maximum absolute atomic E-state index is 5.67. The van der Waals surface area contributed by atoms with E-state index in [1.165, 1.54) is 6.39 Å². The topological polar surface area (TPSA) is 80.7 Å². The third-order valence-electron chi connectivity index (χ3n) is 2.18. The summed E-state index contributed by atoms with van der Waals surface area (Å²) in [7, 11) is 0. The molecule has 2 heterocycles. The minimum Gasteiger partial charge on any atom is -0.451 e. The average molecular weight is 200 g/mol. The molecule has 15 heavy (non-hydrogen) atoms.